The standard InChI is InChI=1S/C26H22N2O2/c1-2-8-18(9-3-1)14-28-15-22(20-10-4-6-12-23(20)28)25-21-11-5-7-13-24(21)29-16-19-17-30-27-26(19)25/h1-13,15,19,25H,14,16-17H2/t19-,25+/m0/s1. The van der Waals surface area contributed by atoms with E-state index in [2.05, 4.69) is 88.7 Å². The van der Waals surface area contributed by atoms with E-state index in [9.17, 15) is 0 Å². The molecule has 1 aromatic heterocycles. The largest absolute Gasteiger partial charge is 0.492 e. The zero-order valence-corrected chi connectivity index (χ0v) is 16.6. The van der Waals surface area contributed by atoms with Crippen LogP contribution in [0.4, 0.5) is 0 Å². The Labute approximate surface area is 175 Å². The number of nitrogens with zero attached hydrogens (tertiary/aromatic N) is 2. The minimum atomic E-state index is 0.0260. The zero-order valence-electron chi connectivity index (χ0n) is 16.6. The fraction of sp³-hybridized carbons (Fsp3) is 0.192. The Kier molecular flexibility index (Phi) is 4.08. The molecule has 30 heavy (non-hydrogen) atoms. The number of oxime groups is 1. The van der Waals surface area contributed by atoms with Gasteiger partial charge >= 0.3 is 0 Å². The average molecular weight is 394 g/mol. The van der Waals surface area contributed by atoms with E-state index in [1.807, 2.05) is 6.07 Å². The average Bonchev–Trinajstić information content (AvgIpc) is 3.36. The third kappa shape index (κ3) is 2.79. The summed E-state index contributed by atoms with van der Waals surface area (Å²) in [6.07, 6.45) is 2.29. The highest BCUT2D eigenvalue weighted by Gasteiger charge is 2.38. The number of rotatable bonds is 3. The lowest BCUT2D eigenvalue weighted by Gasteiger charge is -2.17. The molecule has 0 aliphatic carbocycles. The van der Waals surface area contributed by atoms with Crippen molar-refractivity contribution in [3.05, 3.63) is 102 Å². The van der Waals surface area contributed by atoms with Crippen LogP contribution in [0.2, 0.25) is 0 Å². The van der Waals surface area contributed by atoms with Crippen LogP contribution < -0.4 is 4.74 Å². The van der Waals surface area contributed by atoms with Crippen molar-refractivity contribution in [1.82, 2.24) is 4.57 Å². The summed E-state index contributed by atoms with van der Waals surface area (Å²) in [5, 5.41) is 5.76. The van der Waals surface area contributed by atoms with E-state index in [1.165, 1.54) is 22.0 Å². The van der Waals surface area contributed by atoms with Crippen molar-refractivity contribution >= 4 is 16.6 Å². The molecule has 148 valence electrons. The Morgan fingerprint density at radius 3 is 2.57 bits per heavy atom. The maximum absolute atomic E-state index is 6.16. The minimum Gasteiger partial charge on any atom is -0.492 e. The maximum Gasteiger partial charge on any atom is 0.128 e. The van der Waals surface area contributed by atoms with Crippen LogP contribution in [0.1, 0.15) is 22.6 Å². The van der Waals surface area contributed by atoms with Crippen molar-refractivity contribution in [2.24, 2.45) is 11.1 Å². The SMILES string of the molecule is c1ccc(Cn2cc([C@@H]3C4=NOC[C@@H]4COc4ccccc43)c3ccccc32)cc1. The van der Waals surface area contributed by atoms with Crippen LogP contribution in [0, 0.1) is 5.92 Å². The Bertz CT molecular complexity index is 1240. The number of ether oxygens (including phenoxy) is 1. The van der Waals surface area contributed by atoms with Crippen LogP contribution in [0.3, 0.4) is 0 Å². The lowest BCUT2D eigenvalue weighted by atomic mass is 9.82. The molecular formula is C26H22N2O2. The van der Waals surface area contributed by atoms with E-state index in [0.717, 1.165) is 23.6 Å². The summed E-state index contributed by atoms with van der Waals surface area (Å²) in [4.78, 5) is 5.53. The number of fused-ring (bicyclic) bond motifs is 3. The van der Waals surface area contributed by atoms with E-state index in [0.29, 0.717) is 13.2 Å². The summed E-state index contributed by atoms with van der Waals surface area (Å²) < 4.78 is 8.51. The van der Waals surface area contributed by atoms with Crippen molar-refractivity contribution in [3.8, 4) is 5.75 Å². The fourth-order valence-electron chi connectivity index (χ4n) is 4.73. The summed E-state index contributed by atoms with van der Waals surface area (Å²) in [6, 6.07) is 27.6. The summed E-state index contributed by atoms with van der Waals surface area (Å²) >= 11 is 0. The molecule has 0 amide bonds. The molecular weight excluding hydrogens is 372 g/mol. The first-order valence-corrected chi connectivity index (χ1v) is 10.4. The maximum atomic E-state index is 6.16. The van der Waals surface area contributed by atoms with Crippen LogP contribution >= 0.6 is 0 Å². The summed E-state index contributed by atoms with van der Waals surface area (Å²) in [5.74, 6) is 1.15. The molecule has 2 aliphatic heterocycles. The second-order valence-corrected chi connectivity index (χ2v) is 8.01. The molecule has 4 heteroatoms. The van der Waals surface area contributed by atoms with Gasteiger partial charge in [-0.3, -0.25) is 0 Å². The van der Waals surface area contributed by atoms with E-state index in [4.69, 9.17) is 9.57 Å². The monoisotopic (exact) mass is 394 g/mol. The Balaban J connectivity index is 1.55. The number of hydrogen-bond donors (Lipinski definition) is 0. The lowest BCUT2D eigenvalue weighted by Crippen LogP contribution is -2.23. The molecule has 2 atom stereocenters. The molecule has 3 aromatic carbocycles. The first kappa shape index (κ1) is 17.3. The Hall–Kier alpha value is -3.53. The number of para-hydroxylation sites is 2. The van der Waals surface area contributed by atoms with Gasteiger partial charge in [0.2, 0.25) is 0 Å². The Morgan fingerprint density at radius 1 is 0.833 bits per heavy atom. The minimum absolute atomic E-state index is 0.0260. The zero-order chi connectivity index (χ0) is 19.9. The highest BCUT2D eigenvalue weighted by Crippen LogP contribution is 2.42. The second kappa shape index (κ2) is 7.06. The van der Waals surface area contributed by atoms with Crippen LogP contribution in [-0.2, 0) is 11.4 Å². The third-order valence-electron chi connectivity index (χ3n) is 6.16. The smallest absolute Gasteiger partial charge is 0.128 e. The third-order valence-corrected chi connectivity index (χ3v) is 6.16. The highest BCUT2D eigenvalue weighted by atomic mass is 16.6. The van der Waals surface area contributed by atoms with Crippen LogP contribution in [0.25, 0.3) is 10.9 Å². The van der Waals surface area contributed by atoms with Gasteiger partial charge in [0.05, 0.1) is 24.2 Å². The van der Waals surface area contributed by atoms with Gasteiger partial charge in [-0.2, -0.15) is 0 Å². The molecule has 2 aliphatic rings. The molecule has 0 saturated heterocycles. The molecule has 4 nitrogen and oxygen atoms in total. The number of hydrogen-bond acceptors (Lipinski definition) is 3. The quantitative estimate of drug-likeness (QED) is 0.478. The van der Waals surface area contributed by atoms with E-state index in [1.54, 1.807) is 0 Å². The van der Waals surface area contributed by atoms with Gasteiger partial charge < -0.3 is 14.1 Å². The fourth-order valence-corrected chi connectivity index (χ4v) is 4.73. The number of benzene rings is 3. The summed E-state index contributed by atoms with van der Waals surface area (Å²) in [7, 11) is 0. The second-order valence-electron chi connectivity index (χ2n) is 8.01. The van der Waals surface area contributed by atoms with Gasteiger partial charge in [-0.05, 0) is 23.3 Å². The topological polar surface area (TPSA) is 35.8 Å². The van der Waals surface area contributed by atoms with Crippen LogP contribution in [-0.4, -0.2) is 23.5 Å². The lowest BCUT2D eigenvalue weighted by molar-refractivity contribution is 0.137. The van der Waals surface area contributed by atoms with Gasteiger partial charge in [-0.15, -0.1) is 0 Å². The van der Waals surface area contributed by atoms with E-state index >= 15 is 0 Å². The van der Waals surface area contributed by atoms with Gasteiger partial charge in [-0.1, -0.05) is 71.9 Å². The van der Waals surface area contributed by atoms with Crippen molar-refractivity contribution in [1.29, 1.82) is 0 Å². The van der Waals surface area contributed by atoms with Gasteiger partial charge in [0, 0.05) is 29.2 Å². The predicted octanol–water partition coefficient (Wildman–Crippen LogP) is 5.22. The molecule has 4 aromatic rings. The van der Waals surface area contributed by atoms with Crippen LogP contribution in [0.15, 0.2) is 90.2 Å². The van der Waals surface area contributed by atoms with Crippen molar-refractivity contribution in [2.75, 3.05) is 13.2 Å². The van der Waals surface area contributed by atoms with E-state index in [-0.39, 0.29) is 11.8 Å². The molecule has 0 radical (unpaired) electrons. The highest BCUT2D eigenvalue weighted by molar-refractivity contribution is 6.01. The van der Waals surface area contributed by atoms with E-state index < -0.39 is 0 Å². The molecule has 0 unspecified atom stereocenters. The first-order chi connectivity index (χ1) is 14.9. The first-order valence-electron chi connectivity index (χ1n) is 10.4. The van der Waals surface area contributed by atoms with Gasteiger partial charge in [0.25, 0.3) is 0 Å². The molecule has 6 rings (SSSR count). The molecule has 0 N–H and O–H groups in total. The summed E-state index contributed by atoms with van der Waals surface area (Å²) in [5.41, 5.74) is 6.01. The summed E-state index contributed by atoms with van der Waals surface area (Å²) in [6.45, 7) is 2.02. The normalized spacial score (nSPS) is 19.9. The molecule has 0 bridgehead atoms. The van der Waals surface area contributed by atoms with Crippen molar-refractivity contribution in [3.63, 3.8) is 0 Å². The van der Waals surface area contributed by atoms with Gasteiger partial charge in [0.15, 0.2) is 0 Å². The Morgan fingerprint density at radius 2 is 1.63 bits per heavy atom. The molecule has 0 fully saturated rings. The molecule has 3 heterocycles. The molecule has 0 spiro atoms. The van der Waals surface area contributed by atoms with Gasteiger partial charge in [-0.25, -0.2) is 0 Å². The van der Waals surface area contributed by atoms with Gasteiger partial charge in [0.1, 0.15) is 12.4 Å². The predicted molar refractivity (Wildman–Crippen MR) is 118 cm³/mol. The van der Waals surface area contributed by atoms with Crippen molar-refractivity contribution < 1.29 is 9.57 Å². The van der Waals surface area contributed by atoms with Crippen LogP contribution in [0.5, 0.6) is 5.75 Å². The number of aromatic nitrogens is 1. The molecule has 0 saturated carbocycles. The van der Waals surface area contributed by atoms with Crippen molar-refractivity contribution in [2.45, 2.75) is 12.5 Å².